The van der Waals surface area contributed by atoms with Crippen molar-refractivity contribution in [2.45, 2.75) is 28.2 Å². The van der Waals surface area contributed by atoms with Gasteiger partial charge in [-0.2, -0.15) is 0 Å². The van der Waals surface area contributed by atoms with E-state index in [1.807, 2.05) is 36.4 Å². The molecule has 116 valence electrons. The molecular weight excluding hydrogens is 314 g/mol. The maximum absolute atomic E-state index is 11.5. The van der Waals surface area contributed by atoms with Gasteiger partial charge in [-0.05, 0) is 57.7 Å². The summed E-state index contributed by atoms with van der Waals surface area (Å²) < 4.78 is 0. The minimum atomic E-state index is -0.960. The molecule has 1 atom stereocenters. The number of nitrogens with zero attached hydrogens (tertiary/aromatic N) is 1. The monoisotopic (exact) mass is 333 g/mol. The first-order valence-electron chi connectivity index (χ1n) is 7.45. The van der Waals surface area contributed by atoms with Gasteiger partial charge in [0, 0.05) is 25.9 Å². The standard InChI is InChI=1S/C18H20ClNOS/c1-20(2)11-5-10-18(21)14-6-3-4-7-16(14)22-17-9-8-13(19)12-15(17)18/h3-4,6-9,12,21H,5,10-11H2,1-2H3. The maximum Gasteiger partial charge on any atom is 0.117 e. The van der Waals surface area contributed by atoms with Gasteiger partial charge in [0.15, 0.2) is 0 Å². The van der Waals surface area contributed by atoms with E-state index in [1.54, 1.807) is 11.8 Å². The molecule has 1 aliphatic rings. The molecule has 0 saturated heterocycles. The highest BCUT2D eigenvalue weighted by atomic mass is 35.5. The van der Waals surface area contributed by atoms with Crippen molar-refractivity contribution in [3.8, 4) is 0 Å². The molecule has 0 spiro atoms. The summed E-state index contributed by atoms with van der Waals surface area (Å²) in [5, 5.41) is 12.2. The van der Waals surface area contributed by atoms with Gasteiger partial charge in [0.1, 0.15) is 5.60 Å². The van der Waals surface area contributed by atoms with Crippen LogP contribution < -0.4 is 0 Å². The number of hydrogen-bond donors (Lipinski definition) is 1. The Hall–Kier alpha value is -1.00. The fraction of sp³-hybridized carbons (Fsp3) is 0.333. The normalized spacial score (nSPS) is 19.9. The third-order valence-corrected chi connectivity index (χ3v) is 5.47. The maximum atomic E-state index is 11.5. The molecule has 3 rings (SSSR count). The highest BCUT2D eigenvalue weighted by molar-refractivity contribution is 7.99. The Kier molecular flexibility index (Phi) is 4.51. The van der Waals surface area contributed by atoms with Crippen LogP contribution in [0, 0.1) is 0 Å². The summed E-state index contributed by atoms with van der Waals surface area (Å²) in [4.78, 5) is 4.37. The van der Waals surface area contributed by atoms with E-state index in [-0.39, 0.29) is 0 Å². The Balaban J connectivity index is 2.05. The molecule has 0 radical (unpaired) electrons. The minimum absolute atomic E-state index is 0.671. The van der Waals surface area contributed by atoms with Crippen LogP contribution in [0.1, 0.15) is 24.0 Å². The number of fused-ring (bicyclic) bond motifs is 2. The Bertz CT molecular complexity index is 689. The Labute approximate surface area is 141 Å². The third kappa shape index (κ3) is 2.91. The van der Waals surface area contributed by atoms with E-state index in [0.717, 1.165) is 33.9 Å². The summed E-state index contributed by atoms with van der Waals surface area (Å²) >= 11 is 7.89. The summed E-state index contributed by atoms with van der Waals surface area (Å²) in [6.07, 6.45) is 1.62. The zero-order valence-corrected chi connectivity index (χ0v) is 14.4. The molecule has 0 saturated carbocycles. The van der Waals surface area contributed by atoms with Crippen molar-refractivity contribution in [1.29, 1.82) is 0 Å². The largest absolute Gasteiger partial charge is 0.380 e. The summed E-state index contributed by atoms with van der Waals surface area (Å²) in [5.41, 5.74) is 0.967. The van der Waals surface area contributed by atoms with E-state index in [1.165, 1.54) is 0 Å². The van der Waals surface area contributed by atoms with Crippen LogP contribution in [0.15, 0.2) is 52.3 Å². The molecule has 2 aromatic carbocycles. The summed E-state index contributed by atoms with van der Waals surface area (Å²) in [7, 11) is 4.11. The fourth-order valence-corrected chi connectivity index (χ4v) is 4.37. The molecule has 1 heterocycles. The lowest BCUT2D eigenvalue weighted by atomic mass is 9.82. The smallest absolute Gasteiger partial charge is 0.117 e. The van der Waals surface area contributed by atoms with Crippen LogP contribution >= 0.6 is 23.4 Å². The molecule has 0 bridgehead atoms. The van der Waals surface area contributed by atoms with Crippen LogP contribution in [-0.2, 0) is 5.60 Å². The van der Waals surface area contributed by atoms with Crippen molar-refractivity contribution in [3.63, 3.8) is 0 Å². The molecule has 2 aromatic rings. The van der Waals surface area contributed by atoms with Crippen LogP contribution in [0.2, 0.25) is 5.02 Å². The first-order chi connectivity index (χ1) is 10.5. The van der Waals surface area contributed by atoms with Gasteiger partial charge in [0.2, 0.25) is 0 Å². The van der Waals surface area contributed by atoms with E-state index < -0.39 is 5.60 Å². The van der Waals surface area contributed by atoms with E-state index in [0.29, 0.717) is 11.4 Å². The fourth-order valence-electron chi connectivity index (χ4n) is 3.00. The van der Waals surface area contributed by atoms with E-state index in [9.17, 15) is 5.11 Å². The topological polar surface area (TPSA) is 23.5 Å². The van der Waals surface area contributed by atoms with Crippen molar-refractivity contribution in [2.24, 2.45) is 0 Å². The molecule has 0 amide bonds. The Morgan fingerprint density at radius 1 is 1.09 bits per heavy atom. The number of hydrogen-bond acceptors (Lipinski definition) is 3. The molecule has 0 aliphatic carbocycles. The van der Waals surface area contributed by atoms with Gasteiger partial charge in [-0.1, -0.05) is 41.6 Å². The second-order valence-corrected chi connectivity index (χ2v) is 7.53. The molecule has 1 N–H and O–H groups in total. The molecule has 2 nitrogen and oxygen atoms in total. The van der Waals surface area contributed by atoms with Gasteiger partial charge in [0.25, 0.3) is 0 Å². The molecule has 22 heavy (non-hydrogen) atoms. The van der Waals surface area contributed by atoms with E-state index in [4.69, 9.17) is 11.6 Å². The lowest BCUT2D eigenvalue weighted by Gasteiger charge is -2.36. The van der Waals surface area contributed by atoms with Gasteiger partial charge in [-0.15, -0.1) is 0 Å². The average molecular weight is 334 g/mol. The zero-order valence-electron chi connectivity index (χ0n) is 12.8. The van der Waals surface area contributed by atoms with Crippen LogP contribution in [0.5, 0.6) is 0 Å². The van der Waals surface area contributed by atoms with Crippen LogP contribution in [0.25, 0.3) is 0 Å². The van der Waals surface area contributed by atoms with E-state index >= 15 is 0 Å². The number of rotatable bonds is 4. The molecule has 1 aliphatic heterocycles. The van der Waals surface area contributed by atoms with Gasteiger partial charge in [-0.3, -0.25) is 0 Å². The van der Waals surface area contributed by atoms with E-state index in [2.05, 4.69) is 25.1 Å². The lowest BCUT2D eigenvalue weighted by molar-refractivity contribution is 0.0600. The highest BCUT2D eigenvalue weighted by Crippen LogP contribution is 2.50. The molecule has 0 fully saturated rings. The van der Waals surface area contributed by atoms with Crippen molar-refractivity contribution >= 4 is 23.4 Å². The van der Waals surface area contributed by atoms with Crippen LogP contribution in [0.4, 0.5) is 0 Å². The van der Waals surface area contributed by atoms with Crippen molar-refractivity contribution in [1.82, 2.24) is 4.90 Å². The second kappa shape index (κ2) is 6.25. The predicted molar refractivity (Wildman–Crippen MR) is 92.8 cm³/mol. The lowest BCUT2D eigenvalue weighted by Crippen LogP contribution is -2.32. The first kappa shape index (κ1) is 15.9. The van der Waals surface area contributed by atoms with Crippen molar-refractivity contribution < 1.29 is 5.11 Å². The third-order valence-electron chi connectivity index (χ3n) is 4.08. The van der Waals surface area contributed by atoms with Crippen LogP contribution in [-0.4, -0.2) is 30.6 Å². The highest BCUT2D eigenvalue weighted by Gasteiger charge is 2.38. The minimum Gasteiger partial charge on any atom is -0.380 e. The quantitative estimate of drug-likeness (QED) is 0.898. The predicted octanol–water partition coefficient (Wildman–Crippen LogP) is 4.38. The number of aliphatic hydroxyl groups is 1. The Morgan fingerprint density at radius 3 is 2.59 bits per heavy atom. The summed E-state index contributed by atoms with van der Waals surface area (Å²) in [6.45, 7) is 0.952. The molecule has 4 heteroatoms. The first-order valence-corrected chi connectivity index (χ1v) is 8.64. The van der Waals surface area contributed by atoms with Crippen LogP contribution in [0.3, 0.4) is 0 Å². The van der Waals surface area contributed by atoms with Crippen molar-refractivity contribution in [3.05, 3.63) is 58.6 Å². The van der Waals surface area contributed by atoms with Gasteiger partial charge >= 0.3 is 0 Å². The summed E-state index contributed by atoms with van der Waals surface area (Å²) in [5.74, 6) is 0. The molecular formula is C18H20ClNOS. The zero-order chi connectivity index (χ0) is 15.7. The van der Waals surface area contributed by atoms with Gasteiger partial charge in [-0.25, -0.2) is 0 Å². The average Bonchev–Trinajstić information content (AvgIpc) is 2.48. The van der Waals surface area contributed by atoms with Gasteiger partial charge < -0.3 is 10.0 Å². The molecule has 1 unspecified atom stereocenters. The second-order valence-electron chi connectivity index (χ2n) is 6.01. The SMILES string of the molecule is CN(C)CCCC1(O)c2ccccc2Sc2ccc(Cl)cc21. The summed E-state index contributed by atoms with van der Waals surface area (Å²) in [6, 6.07) is 13.9. The van der Waals surface area contributed by atoms with Gasteiger partial charge in [0.05, 0.1) is 0 Å². The number of halogens is 1. The molecule has 0 aromatic heterocycles. The number of benzene rings is 2. The Morgan fingerprint density at radius 2 is 1.82 bits per heavy atom. The van der Waals surface area contributed by atoms with Crippen molar-refractivity contribution in [2.75, 3.05) is 20.6 Å².